The Kier molecular flexibility index (Phi) is 12.0. The molecule has 0 aromatic heterocycles. The van der Waals surface area contributed by atoms with Crippen LogP contribution in [0.2, 0.25) is 0 Å². The van der Waals surface area contributed by atoms with E-state index in [1.807, 2.05) is 14.2 Å². The Morgan fingerprint density at radius 2 is 1.07 bits per heavy atom. The molecule has 0 saturated heterocycles. The minimum Gasteiger partial charge on any atom is -0.384 e. The minimum atomic E-state index is 0.592. The predicted molar refractivity (Wildman–Crippen MR) is 116 cm³/mol. The molecule has 0 amide bonds. The van der Waals surface area contributed by atoms with Gasteiger partial charge in [0.15, 0.2) is 0 Å². The van der Waals surface area contributed by atoms with Gasteiger partial charge in [0.2, 0.25) is 0 Å². The Labute approximate surface area is 170 Å². The van der Waals surface area contributed by atoms with Gasteiger partial charge in [-0.3, -0.25) is 0 Å². The van der Waals surface area contributed by atoms with Gasteiger partial charge >= 0.3 is 0 Å². The van der Waals surface area contributed by atoms with Crippen LogP contribution in [0.15, 0.2) is 0 Å². The second-order valence-corrected chi connectivity index (χ2v) is 9.86. The summed E-state index contributed by atoms with van der Waals surface area (Å²) in [5.41, 5.74) is 0. The molecule has 0 bridgehead atoms. The van der Waals surface area contributed by atoms with Crippen LogP contribution in [0.25, 0.3) is 0 Å². The Hall–Kier alpha value is -0.0800. The lowest BCUT2D eigenvalue weighted by atomic mass is 9.73. The Bertz CT molecular complexity index is 334. The minimum absolute atomic E-state index is 0.592. The van der Waals surface area contributed by atoms with Gasteiger partial charge in [0.05, 0.1) is 13.2 Å². The Balaban J connectivity index is 1.55. The van der Waals surface area contributed by atoms with E-state index in [9.17, 15) is 0 Å². The van der Waals surface area contributed by atoms with Crippen LogP contribution < -0.4 is 0 Å². The molecule has 0 N–H and O–H groups in total. The standard InChI is InChI=1S/C25H48O2/c1-4-5-6-7-21-8-10-22(11-9-21)12-13-23-14-16-24(17-15-23)18-25(19-26-2)20-27-3/h21-25H,4-20H2,1-3H3. The van der Waals surface area contributed by atoms with Crippen molar-refractivity contribution in [1.29, 1.82) is 0 Å². The summed E-state index contributed by atoms with van der Waals surface area (Å²) in [6.45, 7) is 4.03. The van der Waals surface area contributed by atoms with Gasteiger partial charge < -0.3 is 9.47 Å². The lowest BCUT2D eigenvalue weighted by molar-refractivity contribution is 0.0650. The summed E-state index contributed by atoms with van der Waals surface area (Å²) in [6.07, 6.45) is 22.1. The molecule has 0 radical (unpaired) electrons. The van der Waals surface area contributed by atoms with E-state index in [0.29, 0.717) is 5.92 Å². The molecule has 0 aromatic carbocycles. The molecular formula is C25H48O2. The summed E-state index contributed by atoms with van der Waals surface area (Å²) in [5, 5.41) is 0. The van der Waals surface area contributed by atoms with Gasteiger partial charge in [-0.1, -0.05) is 96.8 Å². The van der Waals surface area contributed by atoms with Crippen molar-refractivity contribution in [2.75, 3.05) is 27.4 Å². The van der Waals surface area contributed by atoms with Gasteiger partial charge in [-0.2, -0.15) is 0 Å². The van der Waals surface area contributed by atoms with Crippen LogP contribution in [0.1, 0.15) is 103 Å². The van der Waals surface area contributed by atoms with Gasteiger partial charge in [-0.15, -0.1) is 0 Å². The van der Waals surface area contributed by atoms with Gasteiger partial charge in [-0.05, 0) is 30.1 Å². The molecule has 0 atom stereocenters. The third-order valence-corrected chi connectivity index (χ3v) is 7.60. The molecule has 0 heterocycles. The fourth-order valence-corrected chi connectivity index (χ4v) is 5.85. The van der Waals surface area contributed by atoms with Crippen LogP contribution in [0.5, 0.6) is 0 Å². The highest BCUT2D eigenvalue weighted by atomic mass is 16.5. The fraction of sp³-hybridized carbons (Fsp3) is 1.00. The molecule has 2 aliphatic carbocycles. The normalized spacial score (nSPS) is 29.3. The molecule has 0 unspecified atom stereocenters. The molecular weight excluding hydrogens is 332 g/mol. The topological polar surface area (TPSA) is 18.5 Å². The smallest absolute Gasteiger partial charge is 0.0512 e. The van der Waals surface area contributed by atoms with E-state index >= 15 is 0 Å². The highest BCUT2D eigenvalue weighted by Crippen LogP contribution is 2.39. The quantitative estimate of drug-likeness (QED) is 0.313. The maximum absolute atomic E-state index is 5.38. The number of methoxy groups -OCH3 is 2. The molecule has 0 aliphatic heterocycles. The molecule has 2 saturated carbocycles. The third-order valence-electron chi connectivity index (χ3n) is 7.60. The van der Waals surface area contributed by atoms with Gasteiger partial charge in [0.25, 0.3) is 0 Å². The van der Waals surface area contributed by atoms with Crippen molar-refractivity contribution in [3.05, 3.63) is 0 Å². The number of hydrogen-bond donors (Lipinski definition) is 0. The van der Waals surface area contributed by atoms with Crippen LogP contribution in [0, 0.1) is 29.6 Å². The van der Waals surface area contributed by atoms with Crippen molar-refractivity contribution in [2.24, 2.45) is 29.6 Å². The van der Waals surface area contributed by atoms with Crippen molar-refractivity contribution < 1.29 is 9.47 Å². The van der Waals surface area contributed by atoms with Gasteiger partial charge in [0, 0.05) is 20.1 Å². The number of rotatable bonds is 13. The molecule has 2 heteroatoms. The highest BCUT2D eigenvalue weighted by Gasteiger charge is 2.26. The van der Waals surface area contributed by atoms with E-state index in [-0.39, 0.29) is 0 Å². The van der Waals surface area contributed by atoms with Crippen molar-refractivity contribution in [3.63, 3.8) is 0 Å². The lowest BCUT2D eigenvalue weighted by Gasteiger charge is -2.33. The molecule has 160 valence electrons. The molecule has 2 nitrogen and oxygen atoms in total. The zero-order valence-electron chi connectivity index (χ0n) is 18.7. The van der Waals surface area contributed by atoms with Crippen LogP contribution in [0.4, 0.5) is 0 Å². The van der Waals surface area contributed by atoms with E-state index in [1.54, 1.807) is 0 Å². The summed E-state index contributed by atoms with van der Waals surface area (Å²) in [6, 6.07) is 0. The Morgan fingerprint density at radius 1 is 0.630 bits per heavy atom. The fourth-order valence-electron chi connectivity index (χ4n) is 5.85. The second kappa shape index (κ2) is 14.0. The second-order valence-electron chi connectivity index (χ2n) is 9.86. The zero-order valence-corrected chi connectivity index (χ0v) is 18.7. The van der Waals surface area contributed by atoms with E-state index in [4.69, 9.17) is 9.47 Å². The average molecular weight is 381 g/mol. The summed E-state index contributed by atoms with van der Waals surface area (Å²) in [5.74, 6) is 4.64. The maximum Gasteiger partial charge on any atom is 0.0512 e. The van der Waals surface area contributed by atoms with Crippen molar-refractivity contribution >= 4 is 0 Å². The van der Waals surface area contributed by atoms with Crippen LogP contribution >= 0.6 is 0 Å². The molecule has 0 spiro atoms. The van der Waals surface area contributed by atoms with Crippen molar-refractivity contribution in [3.8, 4) is 0 Å². The van der Waals surface area contributed by atoms with E-state index in [2.05, 4.69) is 6.92 Å². The first-order valence-electron chi connectivity index (χ1n) is 12.2. The molecule has 2 rings (SSSR count). The SMILES string of the molecule is CCCCCC1CCC(CCC2CCC(CC(COC)COC)CC2)CC1. The van der Waals surface area contributed by atoms with E-state index < -0.39 is 0 Å². The first-order chi connectivity index (χ1) is 13.2. The van der Waals surface area contributed by atoms with Gasteiger partial charge in [-0.25, -0.2) is 0 Å². The van der Waals surface area contributed by atoms with Crippen LogP contribution in [-0.4, -0.2) is 27.4 Å². The van der Waals surface area contributed by atoms with Crippen molar-refractivity contribution in [1.82, 2.24) is 0 Å². The average Bonchev–Trinajstić information content (AvgIpc) is 2.69. The zero-order chi connectivity index (χ0) is 19.3. The Morgan fingerprint density at radius 3 is 1.52 bits per heavy atom. The van der Waals surface area contributed by atoms with Crippen LogP contribution in [0.3, 0.4) is 0 Å². The predicted octanol–water partition coefficient (Wildman–Crippen LogP) is 7.26. The molecule has 2 fully saturated rings. The molecule has 0 aromatic rings. The van der Waals surface area contributed by atoms with Crippen molar-refractivity contribution in [2.45, 2.75) is 103 Å². The largest absolute Gasteiger partial charge is 0.384 e. The first kappa shape index (κ1) is 23.2. The highest BCUT2D eigenvalue weighted by molar-refractivity contribution is 4.78. The number of ether oxygens (including phenoxy) is 2. The van der Waals surface area contributed by atoms with E-state index in [0.717, 1.165) is 36.9 Å². The lowest BCUT2D eigenvalue weighted by Crippen LogP contribution is -2.22. The van der Waals surface area contributed by atoms with Gasteiger partial charge in [0.1, 0.15) is 0 Å². The summed E-state index contributed by atoms with van der Waals surface area (Å²) in [4.78, 5) is 0. The van der Waals surface area contributed by atoms with E-state index in [1.165, 1.54) is 96.3 Å². The molecule has 27 heavy (non-hydrogen) atoms. The number of hydrogen-bond acceptors (Lipinski definition) is 2. The number of unbranched alkanes of at least 4 members (excludes halogenated alkanes) is 2. The summed E-state index contributed by atoms with van der Waals surface area (Å²) < 4.78 is 10.8. The van der Waals surface area contributed by atoms with Crippen LogP contribution in [-0.2, 0) is 9.47 Å². The first-order valence-corrected chi connectivity index (χ1v) is 12.2. The third kappa shape index (κ3) is 9.31. The molecule has 2 aliphatic rings. The summed E-state index contributed by atoms with van der Waals surface area (Å²) >= 11 is 0. The maximum atomic E-state index is 5.38. The monoisotopic (exact) mass is 380 g/mol. The summed E-state index contributed by atoms with van der Waals surface area (Å²) in [7, 11) is 3.64.